The topological polar surface area (TPSA) is 56.2 Å². The van der Waals surface area contributed by atoms with Crippen molar-refractivity contribution in [2.45, 2.75) is 25.2 Å². The van der Waals surface area contributed by atoms with E-state index >= 15 is 0 Å². The van der Waals surface area contributed by atoms with Crippen molar-refractivity contribution in [2.75, 3.05) is 6.54 Å². The van der Waals surface area contributed by atoms with Gasteiger partial charge in [-0.05, 0) is 19.4 Å². The summed E-state index contributed by atoms with van der Waals surface area (Å²) < 4.78 is 2.16. The molecule has 4 heteroatoms. The van der Waals surface area contributed by atoms with Gasteiger partial charge in [-0.15, -0.1) is 0 Å². The second-order valence-corrected chi connectivity index (χ2v) is 4.06. The highest BCUT2D eigenvalue weighted by Gasteiger charge is 2.28. The molecular weight excluding hydrogens is 188 g/mol. The van der Waals surface area contributed by atoms with Gasteiger partial charge in [0, 0.05) is 24.7 Å². The summed E-state index contributed by atoms with van der Waals surface area (Å²) >= 11 is 0. The molecule has 0 unspecified atom stereocenters. The predicted octanol–water partition coefficient (Wildman–Crippen LogP) is 1.11. The largest absolute Gasteiger partial charge is 0.330 e. The van der Waals surface area contributed by atoms with Gasteiger partial charge in [-0.2, -0.15) is 0 Å². The van der Waals surface area contributed by atoms with Gasteiger partial charge in [-0.1, -0.05) is 0 Å². The smallest absolute Gasteiger partial charge is 0.116 e. The Bertz CT molecular complexity index is 484. The summed E-state index contributed by atoms with van der Waals surface area (Å²) in [5.41, 5.74) is 7.79. The fraction of sp³-hybridized carbons (Fsp3) is 0.455. The zero-order chi connectivity index (χ0) is 10.3. The molecule has 2 aromatic heterocycles. The monoisotopic (exact) mass is 202 g/mol. The van der Waals surface area contributed by atoms with E-state index in [1.165, 1.54) is 18.7 Å². The van der Waals surface area contributed by atoms with Gasteiger partial charge >= 0.3 is 0 Å². The van der Waals surface area contributed by atoms with E-state index < -0.39 is 0 Å². The number of nitrogens with two attached hydrogens (primary N) is 1. The lowest BCUT2D eigenvalue weighted by Gasteiger charge is -1.96. The highest BCUT2D eigenvalue weighted by atomic mass is 15.0. The van der Waals surface area contributed by atoms with E-state index in [9.17, 15) is 0 Å². The Morgan fingerprint density at radius 2 is 2.33 bits per heavy atom. The highest BCUT2D eigenvalue weighted by Crippen LogP contribution is 2.39. The van der Waals surface area contributed by atoms with Crippen LogP contribution in [0, 0.1) is 0 Å². The first-order valence-corrected chi connectivity index (χ1v) is 5.41. The number of fused-ring (bicyclic) bond motifs is 1. The zero-order valence-electron chi connectivity index (χ0n) is 8.56. The molecule has 1 aliphatic carbocycles. The molecule has 1 fully saturated rings. The standard InChI is InChI=1S/C11H14N4/c12-4-3-9-10-7-13-5-6-15(10)11(14-9)8-1-2-8/h5-8H,1-4,12H2. The van der Waals surface area contributed by atoms with Gasteiger partial charge < -0.3 is 10.1 Å². The minimum Gasteiger partial charge on any atom is -0.330 e. The van der Waals surface area contributed by atoms with Crippen LogP contribution < -0.4 is 5.73 Å². The SMILES string of the molecule is NCCc1nc(C2CC2)n2ccncc12. The van der Waals surface area contributed by atoms with E-state index in [2.05, 4.69) is 14.4 Å². The molecule has 2 N–H and O–H groups in total. The zero-order valence-corrected chi connectivity index (χ0v) is 8.56. The quantitative estimate of drug-likeness (QED) is 0.811. The van der Waals surface area contributed by atoms with Crippen LogP contribution in [0.3, 0.4) is 0 Å². The van der Waals surface area contributed by atoms with Crippen molar-refractivity contribution in [3.05, 3.63) is 30.1 Å². The van der Waals surface area contributed by atoms with Crippen molar-refractivity contribution < 1.29 is 0 Å². The Morgan fingerprint density at radius 1 is 1.47 bits per heavy atom. The lowest BCUT2D eigenvalue weighted by molar-refractivity contribution is 0.889. The molecule has 0 aromatic carbocycles. The van der Waals surface area contributed by atoms with Gasteiger partial charge in [-0.25, -0.2) is 4.98 Å². The minimum absolute atomic E-state index is 0.645. The van der Waals surface area contributed by atoms with Crippen LogP contribution in [0.1, 0.15) is 30.3 Å². The van der Waals surface area contributed by atoms with Crippen LogP contribution in [0.5, 0.6) is 0 Å². The number of imidazole rings is 1. The second kappa shape index (κ2) is 3.31. The number of aromatic nitrogens is 3. The first kappa shape index (κ1) is 8.85. The third kappa shape index (κ3) is 1.41. The number of rotatable bonds is 3. The first-order valence-electron chi connectivity index (χ1n) is 5.41. The van der Waals surface area contributed by atoms with E-state index in [1.807, 2.05) is 18.6 Å². The van der Waals surface area contributed by atoms with E-state index in [4.69, 9.17) is 5.73 Å². The lowest BCUT2D eigenvalue weighted by Crippen LogP contribution is -2.03. The maximum atomic E-state index is 5.58. The van der Waals surface area contributed by atoms with Gasteiger partial charge in [0.15, 0.2) is 0 Å². The molecule has 0 amide bonds. The summed E-state index contributed by atoms with van der Waals surface area (Å²) in [7, 11) is 0. The Balaban J connectivity index is 2.18. The molecule has 0 radical (unpaired) electrons. The molecule has 3 rings (SSSR count). The molecule has 4 nitrogen and oxygen atoms in total. The van der Waals surface area contributed by atoms with E-state index in [0.717, 1.165) is 17.6 Å². The average molecular weight is 202 g/mol. The normalized spacial score (nSPS) is 16.1. The van der Waals surface area contributed by atoms with Gasteiger partial charge in [0.2, 0.25) is 0 Å². The highest BCUT2D eigenvalue weighted by molar-refractivity contribution is 5.52. The van der Waals surface area contributed by atoms with Crippen molar-refractivity contribution in [2.24, 2.45) is 5.73 Å². The van der Waals surface area contributed by atoms with Crippen LogP contribution in [0.4, 0.5) is 0 Å². The van der Waals surface area contributed by atoms with Crippen LogP contribution in [-0.4, -0.2) is 20.9 Å². The lowest BCUT2D eigenvalue weighted by atomic mass is 10.3. The molecule has 0 spiro atoms. The first-order chi connectivity index (χ1) is 7.40. The van der Waals surface area contributed by atoms with Gasteiger partial charge in [0.05, 0.1) is 17.4 Å². The Morgan fingerprint density at radius 3 is 3.07 bits per heavy atom. The predicted molar refractivity (Wildman–Crippen MR) is 57.7 cm³/mol. The summed E-state index contributed by atoms with van der Waals surface area (Å²) in [5, 5.41) is 0. The van der Waals surface area contributed by atoms with Crippen molar-refractivity contribution in [1.82, 2.24) is 14.4 Å². The summed E-state index contributed by atoms with van der Waals surface area (Å²) in [6.45, 7) is 0.645. The third-order valence-electron chi connectivity index (χ3n) is 2.87. The van der Waals surface area contributed by atoms with E-state index in [-0.39, 0.29) is 0 Å². The van der Waals surface area contributed by atoms with Crippen LogP contribution >= 0.6 is 0 Å². The summed E-state index contributed by atoms with van der Waals surface area (Å²) in [5.74, 6) is 1.85. The van der Waals surface area contributed by atoms with Crippen molar-refractivity contribution >= 4 is 5.52 Å². The average Bonchev–Trinajstić information content (AvgIpc) is 3.04. The molecule has 2 aromatic rings. The van der Waals surface area contributed by atoms with E-state index in [1.54, 1.807) is 0 Å². The van der Waals surface area contributed by atoms with Crippen LogP contribution in [0.2, 0.25) is 0 Å². The number of nitrogens with zero attached hydrogens (tertiary/aromatic N) is 3. The van der Waals surface area contributed by atoms with Crippen LogP contribution in [0.25, 0.3) is 5.52 Å². The Kier molecular flexibility index (Phi) is 1.95. The molecule has 2 heterocycles. The second-order valence-electron chi connectivity index (χ2n) is 4.06. The summed E-state index contributed by atoms with van der Waals surface area (Å²) in [4.78, 5) is 8.83. The number of hydrogen-bond acceptors (Lipinski definition) is 3. The van der Waals surface area contributed by atoms with Crippen molar-refractivity contribution in [1.29, 1.82) is 0 Å². The maximum Gasteiger partial charge on any atom is 0.116 e. The molecule has 1 aliphatic rings. The Hall–Kier alpha value is -1.42. The molecule has 15 heavy (non-hydrogen) atoms. The molecule has 0 bridgehead atoms. The van der Waals surface area contributed by atoms with Crippen molar-refractivity contribution in [3.8, 4) is 0 Å². The van der Waals surface area contributed by atoms with Crippen LogP contribution in [-0.2, 0) is 6.42 Å². The fourth-order valence-electron chi connectivity index (χ4n) is 1.97. The van der Waals surface area contributed by atoms with E-state index in [0.29, 0.717) is 12.5 Å². The fourth-order valence-corrected chi connectivity index (χ4v) is 1.97. The molecule has 0 saturated heterocycles. The van der Waals surface area contributed by atoms with Crippen LogP contribution in [0.15, 0.2) is 18.6 Å². The third-order valence-corrected chi connectivity index (χ3v) is 2.87. The molecule has 78 valence electrons. The van der Waals surface area contributed by atoms with Crippen molar-refractivity contribution in [3.63, 3.8) is 0 Å². The maximum absolute atomic E-state index is 5.58. The molecular formula is C11H14N4. The molecule has 0 aliphatic heterocycles. The Labute approximate surface area is 88.1 Å². The molecule has 1 saturated carbocycles. The summed E-state index contributed by atoms with van der Waals surface area (Å²) in [6, 6.07) is 0. The minimum atomic E-state index is 0.645. The summed E-state index contributed by atoms with van der Waals surface area (Å²) in [6.07, 6.45) is 9.06. The van der Waals surface area contributed by atoms with Gasteiger partial charge in [0.25, 0.3) is 0 Å². The number of hydrogen-bond donors (Lipinski definition) is 1. The van der Waals surface area contributed by atoms with Gasteiger partial charge in [-0.3, -0.25) is 4.98 Å². The van der Waals surface area contributed by atoms with Gasteiger partial charge in [0.1, 0.15) is 5.82 Å². The molecule has 0 atom stereocenters.